The van der Waals surface area contributed by atoms with Crippen LogP contribution in [0.1, 0.15) is 34.7 Å². The standard InChI is InChI=1S/C17H17ClN2O/c1-10-2-4-11(5-3-10)16(19)13-8-12-6-7-15(21)20-17(12)14(18)9-13/h2-5,8-9,16H,6-7,19H2,1H3,(H,20,21). The number of hydrogen-bond donors (Lipinski definition) is 2. The molecule has 1 unspecified atom stereocenters. The Hall–Kier alpha value is -1.84. The van der Waals surface area contributed by atoms with Gasteiger partial charge in [-0.2, -0.15) is 0 Å². The molecule has 0 aliphatic carbocycles. The van der Waals surface area contributed by atoms with Gasteiger partial charge in [-0.1, -0.05) is 47.5 Å². The van der Waals surface area contributed by atoms with E-state index in [-0.39, 0.29) is 11.9 Å². The summed E-state index contributed by atoms with van der Waals surface area (Å²) >= 11 is 6.30. The van der Waals surface area contributed by atoms with Crippen molar-refractivity contribution >= 4 is 23.2 Å². The Kier molecular flexibility index (Phi) is 3.70. The summed E-state index contributed by atoms with van der Waals surface area (Å²) in [6.07, 6.45) is 1.20. The molecule has 1 amide bonds. The zero-order chi connectivity index (χ0) is 15.0. The highest BCUT2D eigenvalue weighted by Crippen LogP contribution is 2.34. The first-order chi connectivity index (χ1) is 10.0. The van der Waals surface area contributed by atoms with Crippen LogP contribution in [0.5, 0.6) is 0 Å². The number of fused-ring (bicyclic) bond motifs is 1. The fraction of sp³-hybridized carbons (Fsp3) is 0.235. The van der Waals surface area contributed by atoms with Crippen molar-refractivity contribution in [3.63, 3.8) is 0 Å². The van der Waals surface area contributed by atoms with Crippen molar-refractivity contribution in [2.24, 2.45) is 5.73 Å². The molecule has 21 heavy (non-hydrogen) atoms. The minimum Gasteiger partial charge on any atom is -0.325 e. The molecule has 108 valence electrons. The van der Waals surface area contributed by atoms with E-state index in [1.165, 1.54) is 5.56 Å². The average Bonchev–Trinajstić information content (AvgIpc) is 2.48. The van der Waals surface area contributed by atoms with Crippen molar-refractivity contribution < 1.29 is 4.79 Å². The number of carbonyl (C=O) groups excluding carboxylic acids is 1. The Morgan fingerprint density at radius 2 is 1.86 bits per heavy atom. The van der Waals surface area contributed by atoms with Crippen LogP contribution in [-0.2, 0) is 11.2 Å². The van der Waals surface area contributed by atoms with E-state index in [0.29, 0.717) is 17.9 Å². The van der Waals surface area contributed by atoms with Crippen molar-refractivity contribution in [3.05, 3.63) is 63.7 Å². The van der Waals surface area contributed by atoms with Crippen LogP contribution in [0.15, 0.2) is 36.4 Å². The Morgan fingerprint density at radius 1 is 1.14 bits per heavy atom. The largest absolute Gasteiger partial charge is 0.325 e. The molecule has 1 atom stereocenters. The number of halogens is 1. The van der Waals surface area contributed by atoms with Crippen LogP contribution in [0.25, 0.3) is 0 Å². The van der Waals surface area contributed by atoms with Gasteiger partial charge in [-0.25, -0.2) is 0 Å². The fourth-order valence-electron chi connectivity index (χ4n) is 2.62. The number of nitrogens with two attached hydrogens (primary N) is 1. The first-order valence-corrected chi connectivity index (χ1v) is 7.36. The maximum Gasteiger partial charge on any atom is 0.224 e. The third kappa shape index (κ3) is 2.80. The van der Waals surface area contributed by atoms with Gasteiger partial charge in [0.15, 0.2) is 0 Å². The van der Waals surface area contributed by atoms with Gasteiger partial charge >= 0.3 is 0 Å². The molecule has 4 heteroatoms. The fourth-order valence-corrected chi connectivity index (χ4v) is 2.91. The van der Waals surface area contributed by atoms with Gasteiger partial charge in [-0.3, -0.25) is 4.79 Å². The molecule has 2 aromatic rings. The minimum absolute atomic E-state index is 0.0139. The van der Waals surface area contributed by atoms with Crippen molar-refractivity contribution in [1.82, 2.24) is 0 Å². The summed E-state index contributed by atoms with van der Waals surface area (Å²) in [6, 6.07) is 11.8. The number of benzene rings is 2. The summed E-state index contributed by atoms with van der Waals surface area (Å²) in [5.41, 5.74) is 11.4. The molecule has 3 N–H and O–H groups in total. The third-order valence-electron chi connectivity index (χ3n) is 3.88. The predicted molar refractivity (Wildman–Crippen MR) is 85.6 cm³/mol. The number of carbonyl (C=O) groups is 1. The van der Waals surface area contributed by atoms with Gasteiger partial charge < -0.3 is 11.1 Å². The zero-order valence-corrected chi connectivity index (χ0v) is 12.6. The predicted octanol–water partition coefficient (Wildman–Crippen LogP) is 3.58. The molecule has 2 aromatic carbocycles. The second-order valence-electron chi connectivity index (χ2n) is 5.47. The zero-order valence-electron chi connectivity index (χ0n) is 11.8. The molecule has 3 nitrogen and oxygen atoms in total. The van der Waals surface area contributed by atoms with Crippen molar-refractivity contribution in [3.8, 4) is 0 Å². The van der Waals surface area contributed by atoms with Crippen molar-refractivity contribution in [1.29, 1.82) is 0 Å². The first kappa shape index (κ1) is 14.1. The third-order valence-corrected chi connectivity index (χ3v) is 4.17. The highest BCUT2D eigenvalue weighted by atomic mass is 35.5. The number of hydrogen-bond acceptors (Lipinski definition) is 2. The number of rotatable bonds is 2. The summed E-state index contributed by atoms with van der Waals surface area (Å²) in [4.78, 5) is 11.5. The van der Waals surface area contributed by atoms with Gasteiger partial charge in [0.25, 0.3) is 0 Å². The van der Waals surface area contributed by atoms with Crippen LogP contribution in [0.3, 0.4) is 0 Å². The molecule has 1 heterocycles. The molecule has 0 bridgehead atoms. The lowest BCUT2D eigenvalue weighted by Gasteiger charge is -2.21. The van der Waals surface area contributed by atoms with E-state index in [2.05, 4.69) is 17.4 Å². The normalized spacial score (nSPS) is 15.3. The number of aryl methyl sites for hydroxylation is 2. The Balaban J connectivity index is 1.97. The van der Waals surface area contributed by atoms with Crippen LogP contribution in [0.2, 0.25) is 5.02 Å². The van der Waals surface area contributed by atoms with Gasteiger partial charge in [-0.05, 0) is 36.1 Å². The topological polar surface area (TPSA) is 55.1 Å². The molecule has 0 saturated carbocycles. The lowest BCUT2D eigenvalue weighted by atomic mass is 9.94. The molecule has 1 aliphatic rings. The Labute approximate surface area is 129 Å². The summed E-state index contributed by atoms with van der Waals surface area (Å²) in [5.74, 6) is 0.0139. The van der Waals surface area contributed by atoms with Crippen LogP contribution in [-0.4, -0.2) is 5.91 Å². The summed E-state index contributed by atoms with van der Waals surface area (Å²) in [5, 5.41) is 3.38. The maximum absolute atomic E-state index is 11.5. The van der Waals surface area contributed by atoms with Gasteiger partial charge in [0.05, 0.1) is 16.8 Å². The van der Waals surface area contributed by atoms with E-state index in [0.717, 1.165) is 22.4 Å². The van der Waals surface area contributed by atoms with E-state index in [4.69, 9.17) is 17.3 Å². The van der Waals surface area contributed by atoms with Crippen LogP contribution in [0.4, 0.5) is 5.69 Å². The lowest BCUT2D eigenvalue weighted by molar-refractivity contribution is -0.116. The molecule has 0 spiro atoms. The van der Waals surface area contributed by atoms with E-state index < -0.39 is 0 Å². The Morgan fingerprint density at radius 3 is 2.57 bits per heavy atom. The van der Waals surface area contributed by atoms with Gasteiger partial charge in [0.1, 0.15) is 0 Å². The Bertz CT molecular complexity index is 695. The smallest absolute Gasteiger partial charge is 0.224 e. The first-order valence-electron chi connectivity index (χ1n) is 6.99. The molecule has 3 rings (SSSR count). The minimum atomic E-state index is -0.217. The molecular formula is C17H17ClN2O. The average molecular weight is 301 g/mol. The monoisotopic (exact) mass is 300 g/mol. The molecule has 0 saturated heterocycles. The van der Waals surface area contributed by atoms with Crippen molar-refractivity contribution in [2.75, 3.05) is 5.32 Å². The highest BCUT2D eigenvalue weighted by molar-refractivity contribution is 6.34. The number of anilines is 1. The van der Waals surface area contributed by atoms with E-state index >= 15 is 0 Å². The molecular weight excluding hydrogens is 284 g/mol. The number of nitrogens with one attached hydrogen (secondary N) is 1. The van der Waals surface area contributed by atoms with E-state index in [1.54, 1.807) is 0 Å². The van der Waals surface area contributed by atoms with Crippen LogP contribution < -0.4 is 11.1 Å². The molecule has 1 aliphatic heterocycles. The van der Waals surface area contributed by atoms with E-state index in [9.17, 15) is 4.79 Å². The highest BCUT2D eigenvalue weighted by Gasteiger charge is 2.20. The molecule has 0 aromatic heterocycles. The SMILES string of the molecule is Cc1ccc(C(N)c2cc(Cl)c3c(c2)CCC(=O)N3)cc1. The van der Waals surface area contributed by atoms with Crippen LogP contribution in [0, 0.1) is 6.92 Å². The number of amides is 1. The summed E-state index contributed by atoms with van der Waals surface area (Å²) < 4.78 is 0. The summed E-state index contributed by atoms with van der Waals surface area (Å²) in [7, 11) is 0. The van der Waals surface area contributed by atoms with Crippen LogP contribution >= 0.6 is 11.6 Å². The second-order valence-corrected chi connectivity index (χ2v) is 5.88. The maximum atomic E-state index is 11.5. The van der Waals surface area contributed by atoms with Gasteiger partial charge in [0, 0.05) is 6.42 Å². The quantitative estimate of drug-likeness (QED) is 0.890. The van der Waals surface area contributed by atoms with Crippen molar-refractivity contribution in [2.45, 2.75) is 25.8 Å². The van der Waals surface area contributed by atoms with Gasteiger partial charge in [0.2, 0.25) is 5.91 Å². The summed E-state index contributed by atoms with van der Waals surface area (Å²) in [6.45, 7) is 2.05. The molecule has 0 radical (unpaired) electrons. The molecule has 0 fully saturated rings. The van der Waals surface area contributed by atoms with Gasteiger partial charge in [-0.15, -0.1) is 0 Å². The second kappa shape index (κ2) is 5.51. The van der Waals surface area contributed by atoms with E-state index in [1.807, 2.05) is 31.2 Å². The lowest BCUT2D eigenvalue weighted by Crippen LogP contribution is -2.20.